The van der Waals surface area contributed by atoms with E-state index in [1.165, 1.54) is 0 Å². The maximum Gasteiger partial charge on any atom is 0.295 e. The van der Waals surface area contributed by atoms with Crippen LogP contribution in [0.3, 0.4) is 0 Å². The Morgan fingerprint density at radius 1 is 1.14 bits per heavy atom. The van der Waals surface area contributed by atoms with E-state index in [1.807, 2.05) is 26.8 Å². The number of rotatable bonds is 3. The summed E-state index contributed by atoms with van der Waals surface area (Å²) in [6, 6.07) is 12.2. The van der Waals surface area contributed by atoms with E-state index in [4.69, 9.17) is 0 Å². The number of phenolic OH excluding ortho intramolecular Hbond substituents is 1. The van der Waals surface area contributed by atoms with E-state index in [0.29, 0.717) is 11.3 Å². The van der Waals surface area contributed by atoms with Crippen molar-refractivity contribution in [3.63, 3.8) is 0 Å². The summed E-state index contributed by atoms with van der Waals surface area (Å²) >= 11 is 0. The topological polar surface area (TPSA) is 62.0 Å². The highest BCUT2D eigenvalue weighted by Gasteiger charge is 2.10. The molecule has 0 saturated carbocycles. The Morgan fingerprint density at radius 2 is 1.81 bits per heavy atom. The molecule has 4 heteroatoms. The number of hydrogen-bond acceptors (Lipinski definition) is 3. The molecule has 0 aromatic heterocycles. The van der Waals surface area contributed by atoms with Crippen molar-refractivity contribution < 1.29 is 9.90 Å². The molecule has 0 radical (unpaired) electrons. The van der Waals surface area contributed by atoms with E-state index in [-0.39, 0.29) is 17.6 Å². The molecule has 0 unspecified atom stereocenters. The van der Waals surface area contributed by atoms with Gasteiger partial charge in [-0.25, -0.2) is 0 Å². The van der Waals surface area contributed by atoms with Crippen LogP contribution in [0, 0.1) is 6.92 Å². The number of carbonyl (C=O) groups excluding carboxylic acids is 1. The third-order valence-corrected chi connectivity index (χ3v) is 3.24. The first kappa shape index (κ1) is 14.9. The van der Waals surface area contributed by atoms with Gasteiger partial charge in [0.1, 0.15) is 5.75 Å². The number of amides is 1. The molecule has 0 aliphatic carbocycles. The fourth-order valence-electron chi connectivity index (χ4n) is 2.01. The van der Waals surface area contributed by atoms with E-state index in [0.717, 1.165) is 11.1 Å². The van der Waals surface area contributed by atoms with E-state index >= 15 is 0 Å². The van der Waals surface area contributed by atoms with Gasteiger partial charge in [-0.1, -0.05) is 32.0 Å². The second-order valence-corrected chi connectivity index (χ2v) is 5.22. The van der Waals surface area contributed by atoms with Gasteiger partial charge in [-0.2, -0.15) is 0 Å². The molecule has 0 atom stereocenters. The molecule has 0 aliphatic heterocycles. The summed E-state index contributed by atoms with van der Waals surface area (Å²) in [5.74, 6) is 0.0365. The predicted octanol–water partition coefficient (Wildman–Crippen LogP) is 4.75. The number of aromatic hydroxyl groups is 1. The standard InChI is InChI=1S/C17H18N2O2/c1-11(2)14-10-15(12(3)9-16(14)20)18-19-17(21)13-7-5-4-6-8-13/h4-11,20H,1-3H3. The molecule has 0 bridgehead atoms. The molecule has 1 amide bonds. The summed E-state index contributed by atoms with van der Waals surface area (Å²) in [5, 5.41) is 17.7. The van der Waals surface area contributed by atoms with Crippen LogP contribution < -0.4 is 0 Å². The van der Waals surface area contributed by atoms with Gasteiger partial charge in [0.05, 0.1) is 5.69 Å². The van der Waals surface area contributed by atoms with Crippen LogP contribution in [0.4, 0.5) is 5.69 Å². The van der Waals surface area contributed by atoms with Crippen molar-refractivity contribution in [2.45, 2.75) is 26.7 Å². The number of aryl methyl sites for hydroxylation is 1. The zero-order valence-corrected chi connectivity index (χ0v) is 12.4. The molecule has 21 heavy (non-hydrogen) atoms. The zero-order chi connectivity index (χ0) is 15.4. The molecule has 0 fully saturated rings. The number of hydrogen-bond donors (Lipinski definition) is 1. The lowest BCUT2D eigenvalue weighted by atomic mass is 9.99. The molecule has 2 aromatic carbocycles. The average Bonchev–Trinajstić information content (AvgIpc) is 2.46. The lowest BCUT2D eigenvalue weighted by Gasteiger charge is -2.10. The monoisotopic (exact) mass is 282 g/mol. The Bertz CT molecular complexity index is 677. The molecule has 0 heterocycles. The van der Waals surface area contributed by atoms with Crippen LogP contribution >= 0.6 is 0 Å². The van der Waals surface area contributed by atoms with Crippen molar-refractivity contribution in [2.24, 2.45) is 10.2 Å². The van der Waals surface area contributed by atoms with Gasteiger partial charge < -0.3 is 5.11 Å². The largest absolute Gasteiger partial charge is 0.508 e. The third kappa shape index (κ3) is 3.54. The summed E-state index contributed by atoms with van der Waals surface area (Å²) in [7, 11) is 0. The first-order valence-corrected chi connectivity index (χ1v) is 6.83. The van der Waals surface area contributed by atoms with Crippen LogP contribution in [0.1, 0.15) is 41.3 Å². The molecule has 108 valence electrons. The SMILES string of the molecule is Cc1cc(O)c(C(C)C)cc1N=NC(=O)c1ccccc1. The lowest BCUT2D eigenvalue weighted by molar-refractivity contribution is 0.0995. The van der Waals surface area contributed by atoms with Gasteiger partial charge in [0.25, 0.3) is 5.91 Å². The second-order valence-electron chi connectivity index (χ2n) is 5.22. The number of carbonyl (C=O) groups is 1. The summed E-state index contributed by atoms with van der Waals surface area (Å²) < 4.78 is 0. The van der Waals surface area contributed by atoms with Gasteiger partial charge in [-0.05, 0) is 48.2 Å². The van der Waals surface area contributed by atoms with Crippen LogP contribution in [0.5, 0.6) is 5.75 Å². The molecule has 0 saturated heterocycles. The normalized spacial score (nSPS) is 11.2. The van der Waals surface area contributed by atoms with Crippen LogP contribution in [0.2, 0.25) is 0 Å². The maximum atomic E-state index is 11.9. The second kappa shape index (κ2) is 6.31. The Morgan fingerprint density at radius 3 is 2.43 bits per heavy atom. The van der Waals surface area contributed by atoms with Crippen LogP contribution in [0.15, 0.2) is 52.7 Å². The van der Waals surface area contributed by atoms with Crippen molar-refractivity contribution in [2.75, 3.05) is 0 Å². The molecular formula is C17H18N2O2. The lowest BCUT2D eigenvalue weighted by Crippen LogP contribution is -1.93. The Kier molecular flexibility index (Phi) is 4.48. The highest BCUT2D eigenvalue weighted by molar-refractivity contribution is 5.94. The minimum absolute atomic E-state index is 0.171. The fraction of sp³-hybridized carbons (Fsp3) is 0.235. The van der Waals surface area contributed by atoms with E-state index in [2.05, 4.69) is 10.2 Å². The fourth-order valence-corrected chi connectivity index (χ4v) is 2.01. The first-order valence-electron chi connectivity index (χ1n) is 6.83. The van der Waals surface area contributed by atoms with E-state index in [1.54, 1.807) is 36.4 Å². The van der Waals surface area contributed by atoms with Gasteiger partial charge in [-0.3, -0.25) is 4.79 Å². The third-order valence-electron chi connectivity index (χ3n) is 3.24. The molecule has 0 spiro atoms. The Balaban J connectivity index is 2.29. The van der Waals surface area contributed by atoms with Gasteiger partial charge in [0.2, 0.25) is 0 Å². The van der Waals surface area contributed by atoms with Crippen LogP contribution in [-0.4, -0.2) is 11.0 Å². The summed E-state index contributed by atoms with van der Waals surface area (Å²) in [6.45, 7) is 5.80. The van der Waals surface area contributed by atoms with Crippen molar-refractivity contribution in [3.05, 3.63) is 59.2 Å². The minimum atomic E-state index is -0.380. The molecule has 2 aromatic rings. The highest BCUT2D eigenvalue weighted by Crippen LogP contribution is 2.32. The number of azo groups is 1. The molecule has 1 N–H and O–H groups in total. The van der Waals surface area contributed by atoms with E-state index < -0.39 is 0 Å². The van der Waals surface area contributed by atoms with Crippen molar-refractivity contribution >= 4 is 11.6 Å². The van der Waals surface area contributed by atoms with Gasteiger partial charge in [0.15, 0.2) is 0 Å². The quantitative estimate of drug-likeness (QED) is 0.826. The van der Waals surface area contributed by atoms with E-state index in [9.17, 15) is 9.90 Å². The molecule has 4 nitrogen and oxygen atoms in total. The van der Waals surface area contributed by atoms with Crippen molar-refractivity contribution in [1.29, 1.82) is 0 Å². The predicted molar refractivity (Wildman–Crippen MR) is 82.2 cm³/mol. The van der Waals surface area contributed by atoms with Crippen LogP contribution in [-0.2, 0) is 0 Å². The van der Waals surface area contributed by atoms with Gasteiger partial charge in [0, 0.05) is 5.56 Å². The van der Waals surface area contributed by atoms with Gasteiger partial charge in [-0.15, -0.1) is 10.2 Å². The van der Waals surface area contributed by atoms with Gasteiger partial charge >= 0.3 is 0 Å². The summed E-state index contributed by atoms with van der Waals surface area (Å²) in [5.41, 5.74) is 2.67. The van der Waals surface area contributed by atoms with Crippen molar-refractivity contribution in [1.82, 2.24) is 0 Å². The number of phenols is 1. The zero-order valence-electron chi connectivity index (χ0n) is 12.4. The summed E-state index contributed by atoms with van der Waals surface area (Å²) in [4.78, 5) is 11.9. The van der Waals surface area contributed by atoms with Crippen LogP contribution in [0.25, 0.3) is 0 Å². The molecule has 0 aliphatic rings. The average molecular weight is 282 g/mol. The molecule has 2 rings (SSSR count). The smallest absolute Gasteiger partial charge is 0.295 e. The maximum absolute atomic E-state index is 11.9. The number of nitrogens with zero attached hydrogens (tertiary/aromatic N) is 2. The number of benzene rings is 2. The minimum Gasteiger partial charge on any atom is -0.508 e. The summed E-state index contributed by atoms with van der Waals surface area (Å²) in [6.07, 6.45) is 0. The molecular weight excluding hydrogens is 264 g/mol. The Hall–Kier alpha value is -2.49. The Labute approximate surface area is 124 Å². The first-order chi connectivity index (χ1) is 9.99. The highest BCUT2D eigenvalue weighted by atomic mass is 16.3. The van der Waals surface area contributed by atoms with Crippen molar-refractivity contribution in [3.8, 4) is 5.75 Å².